The van der Waals surface area contributed by atoms with Crippen molar-refractivity contribution >= 4 is 0 Å². The highest BCUT2D eigenvalue weighted by molar-refractivity contribution is 5.17. The summed E-state index contributed by atoms with van der Waals surface area (Å²) in [6, 6.07) is 42.2. The van der Waals surface area contributed by atoms with Crippen LogP contribution in [0.25, 0.3) is 0 Å². The highest BCUT2D eigenvalue weighted by Gasteiger charge is 1.94. The van der Waals surface area contributed by atoms with E-state index in [4.69, 9.17) is 0 Å². The fraction of sp³-hybridized carbons (Fsp3) is 0.200. The predicted octanol–water partition coefficient (Wildman–Crippen LogP) is 6.04. The van der Waals surface area contributed by atoms with Crippen LogP contribution in [0, 0.1) is 0 Å². The van der Waals surface area contributed by atoms with E-state index in [0.29, 0.717) is 0 Å². The summed E-state index contributed by atoms with van der Waals surface area (Å²) in [5.41, 5.74) is 5.47. The molecule has 0 spiro atoms. The summed E-state index contributed by atoms with van der Waals surface area (Å²) in [7, 11) is 0. The number of nitrogens with one attached hydrogen (secondary N) is 2. The van der Waals surface area contributed by atoms with E-state index in [1.54, 1.807) is 0 Å². The van der Waals surface area contributed by atoms with Crippen molar-refractivity contribution in [3.63, 3.8) is 0 Å². The van der Waals surface area contributed by atoms with Crippen LogP contribution >= 0.6 is 0 Å². The van der Waals surface area contributed by atoms with E-state index >= 15 is 0 Å². The highest BCUT2D eigenvalue weighted by Crippen LogP contribution is 2.01. The van der Waals surface area contributed by atoms with Gasteiger partial charge in [0.1, 0.15) is 0 Å². The van der Waals surface area contributed by atoms with E-state index in [-0.39, 0.29) is 0 Å². The summed E-state index contributed by atoms with van der Waals surface area (Å²) in [6.45, 7) is 3.96. The van der Waals surface area contributed by atoms with Gasteiger partial charge >= 0.3 is 0 Å². The Morgan fingerprint density at radius 1 is 0.344 bits per heavy atom. The lowest BCUT2D eigenvalue weighted by molar-refractivity contribution is 0.687. The molecule has 0 aliphatic rings. The second-order valence-electron chi connectivity index (χ2n) is 7.80. The Labute approximate surface area is 193 Å². The molecule has 32 heavy (non-hydrogen) atoms. The molecule has 0 heterocycles. The van der Waals surface area contributed by atoms with Crippen molar-refractivity contribution in [1.82, 2.24) is 10.6 Å². The van der Waals surface area contributed by atoms with Gasteiger partial charge in [-0.2, -0.15) is 0 Å². The minimum Gasteiger partial charge on any atom is -0.312 e. The normalized spacial score (nSPS) is 10.2. The minimum absolute atomic E-state index is 0.952. The zero-order chi connectivity index (χ0) is 22.1. The molecule has 2 nitrogen and oxygen atoms in total. The zero-order valence-corrected chi connectivity index (χ0v) is 18.8. The molecule has 2 heteroatoms. The van der Waals surface area contributed by atoms with Gasteiger partial charge in [-0.1, -0.05) is 121 Å². The first-order chi connectivity index (χ1) is 15.9. The maximum atomic E-state index is 3.45. The smallest absolute Gasteiger partial charge is 0.0205 e. The van der Waals surface area contributed by atoms with Crippen molar-refractivity contribution in [2.24, 2.45) is 0 Å². The van der Waals surface area contributed by atoms with Gasteiger partial charge in [-0.15, -0.1) is 0 Å². The Hall–Kier alpha value is -3.20. The predicted molar refractivity (Wildman–Crippen MR) is 137 cm³/mol. The van der Waals surface area contributed by atoms with Crippen LogP contribution in [0.1, 0.15) is 22.3 Å². The molecule has 4 aromatic rings. The summed E-state index contributed by atoms with van der Waals surface area (Å²) in [5, 5.41) is 6.90. The molecular weight excluding hydrogens is 388 g/mol. The largest absolute Gasteiger partial charge is 0.312 e. The minimum atomic E-state index is 0.952. The molecule has 0 aromatic heterocycles. The first-order valence-electron chi connectivity index (χ1n) is 11.5. The third-order valence-corrected chi connectivity index (χ3v) is 5.21. The Kier molecular flexibility index (Phi) is 10.8. The molecule has 0 saturated heterocycles. The molecule has 0 fully saturated rings. The molecule has 0 bridgehead atoms. The van der Waals surface area contributed by atoms with Crippen LogP contribution in [0.5, 0.6) is 0 Å². The van der Waals surface area contributed by atoms with Crippen molar-refractivity contribution < 1.29 is 0 Å². The number of hydrogen-bond acceptors (Lipinski definition) is 2. The zero-order valence-electron chi connectivity index (χ0n) is 18.8. The highest BCUT2D eigenvalue weighted by atomic mass is 14.8. The fourth-order valence-corrected chi connectivity index (χ4v) is 3.41. The maximum absolute atomic E-state index is 3.45. The molecule has 0 amide bonds. The van der Waals surface area contributed by atoms with Gasteiger partial charge in [-0.25, -0.2) is 0 Å². The number of hydrogen-bond donors (Lipinski definition) is 2. The van der Waals surface area contributed by atoms with Gasteiger partial charge in [0, 0.05) is 13.1 Å². The van der Waals surface area contributed by atoms with E-state index in [2.05, 4.69) is 120 Å². The van der Waals surface area contributed by atoms with Crippen molar-refractivity contribution in [2.45, 2.75) is 25.9 Å². The monoisotopic (exact) mass is 422 g/mol. The van der Waals surface area contributed by atoms with Crippen molar-refractivity contribution in [3.8, 4) is 0 Å². The summed E-state index contributed by atoms with van der Waals surface area (Å²) < 4.78 is 0. The first kappa shape index (κ1) is 23.5. The van der Waals surface area contributed by atoms with Crippen LogP contribution in [0.3, 0.4) is 0 Å². The molecule has 4 rings (SSSR count). The van der Waals surface area contributed by atoms with Gasteiger partial charge in [0.15, 0.2) is 0 Å². The van der Waals surface area contributed by atoms with E-state index in [0.717, 1.165) is 39.0 Å². The summed E-state index contributed by atoms with van der Waals surface area (Å²) in [5.74, 6) is 0. The van der Waals surface area contributed by atoms with Gasteiger partial charge in [-0.3, -0.25) is 0 Å². The molecule has 0 atom stereocenters. The SMILES string of the molecule is c1ccc(CCNCc2ccccc2)cc1.c1ccc(CCNCc2ccccc2)cc1. The third kappa shape index (κ3) is 9.74. The molecule has 0 radical (unpaired) electrons. The Morgan fingerprint density at radius 2 is 0.625 bits per heavy atom. The van der Waals surface area contributed by atoms with E-state index in [1.807, 2.05) is 12.1 Å². The molecule has 0 unspecified atom stereocenters. The fourth-order valence-electron chi connectivity index (χ4n) is 3.41. The summed E-state index contributed by atoms with van der Waals surface area (Å²) in [4.78, 5) is 0. The average molecular weight is 423 g/mol. The van der Waals surface area contributed by atoms with E-state index in [9.17, 15) is 0 Å². The van der Waals surface area contributed by atoms with E-state index in [1.165, 1.54) is 22.3 Å². The lowest BCUT2D eigenvalue weighted by Gasteiger charge is -2.04. The van der Waals surface area contributed by atoms with Crippen LogP contribution in [-0.4, -0.2) is 13.1 Å². The lowest BCUT2D eigenvalue weighted by Crippen LogP contribution is -2.16. The van der Waals surface area contributed by atoms with Gasteiger partial charge in [-0.05, 0) is 48.2 Å². The quantitative estimate of drug-likeness (QED) is 0.305. The van der Waals surface area contributed by atoms with Crippen LogP contribution in [0.4, 0.5) is 0 Å². The van der Waals surface area contributed by atoms with Gasteiger partial charge < -0.3 is 10.6 Å². The second kappa shape index (κ2) is 14.7. The van der Waals surface area contributed by atoms with E-state index < -0.39 is 0 Å². The van der Waals surface area contributed by atoms with Crippen molar-refractivity contribution in [1.29, 1.82) is 0 Å². The van der Waals surface area contributed by atoms with Gasteiger partial charge in [0.2, 0.25) is 0 Å². The average Bonchev–Trinajstić information content (AvgIpc) is 2.88. The number of rotatable bonds is 10. The molecular formula is C30H34N2. The van der Waals surface area contributed by atoms with Crippen LogP contribution in [-0.2, 0) is 25.9 Å². The molecule has 164 valence electrons. The summed E-state index contributed by atoms with van der Waals surface area (Å²) in [6.07, 6.45) is 2.18. The van der Waals surface area contributed by atoms with Crippen LogP contribution in [0.15, 0.2) is 121 Å². The second-order valence-corrected chi connectivity index (χ2v) is 7.80. The molecule has 0 aliphatic heterocycles. The van der Waals surface area contributed by atoms with Crippen LogP contribution < -0.4 is 10.6 Å². The molecule has 0 saturated carbocycles. The van der Waals surface area contributed by atoms with Crippen LogP contribution in [0.2, 0.25) is 0 Å². The molecule has 0 aliphatic carbocycles. The van der Waals surface area contributed by atoms with Crippen molar-refractivity contribution in [2.75, 3.05) is 13.1 Å². The Balaban J connectivity index is 0.000000181. The molecule has 2 N–H and O–H groups in total. The topological polar surface area (TPSA) is 24.1 Å². The lowest BCUT2D eigenvalue weighted by atomic mass is 10.1. The Bertz CT molecular complexity index is 789. The maximum Gasteiger partial charge on any atom is 0.0205 e. The van der Waals surface area contributed by atoms with Crippen molar-refractivity contribution in [3.05, 3.63) is 144 Å². The Morgan fingerprint density at radius 3 is 0.938 bits per heavy atom. The van der Waals surface area contributed by atoms with Gasteiger partial charge in [0.05, 0.1) is 0 Å². The third-order valence-electron chi connectivity index (χ3n) is 5.21. The summed E-state index contributed by atoms with van der Waals surface area (Å²) >= 11 is 0. The number of benzene rings is 4. The first-order valence-corrected chi connectivity index (χ1v) is 11.5. The standard InChI is InChI=1S/2C15H17N/c2*1-3-7-14(8-4-1)11-12-16-13-15-9-5-2-6-10-15/h2*1-10,16H,11-13H2. The van der Waals surface area contributed by atoms with Gasteiger partial charge in [0.25, 0.3) is 0 Å². The molecule has 4 aromatic carbocycles.